The van der Waals surface area contributed by atoms with E-state index in [1.54, 1.807) is 0 Å². The van der Waals surface area contributed by atoms with E-state index in [-0.39, 0.29) is 0 Å². The van der Waals surface area contributed by atoms with Gasteiger partial charge in [0.15, 0.2) is 0 Å². The van der Waals surface area contributed by atoms with Gasteiger partial charge < -0.3 is 0 Å². The van der Waals surface area contributed by atoms with Crippen LogP contribution < -0.4 is 0 Å². The molecular formula is C16H24. The third kappa shape index (κ3) is 3.37. The lowest BCUT2D eigenvalue weighted by atomic mass is 9.92. The summed E-state index contributed by atoms with van der Waals surface area (Å²) < 4.78 is 0. The first-order valence-corrected chi connectivity index (χ1v) is 6.68. The van der Waals surface area contributed by atoms with Crippen LogP contribution in [-0.2, 0) is 19.3 Å². The van der Waals surface area contributed by atoms with Crippen molar-refractivity contribution in [3.63, 3.8) is 0 Å². The second kappa shape index (κ2) is 6.73. The molecule has 0 fully saturated rings. The minimum atomic E-state index is 1.08. The zero-order valence-corrected chi connectivity index (χ0v) is 11.2. The van der Waals surface area contributed by atoms with Crippen LogP contribution in [0.4, 0.5) is 0 Å². The summed E-state index contributed by atoms with van der Waals surface area (Å²) in [6.45, 7) is 8.86. The van der Waals surface area contributed by atoms with Crippen LogP contribution in [-0.4, -0.2) is 0 Å². The summed E-state index contributed by atoms with van der Waals surface area (Å²) in [6, 6.07) is 7.19. The summed E-state index contributed by atoms with van der Waals surface area (Å²) in [6.07, 6.45) is 7.14. The average molecular weight is 216 g/mol. The fourth-order valence-electron chi connectivity index (χ4n) is 2.11. The molecule has 0 saturated carbocycles. The molecule has 0 aliphatic carbocycles. The van der Waals surface area contributed by atoms with Crippen LogP contribution >= 0.6 is 0 Å². The Balaban J connectivity index is 2.98. The Labute approximate surface area is 101 Å². The summed E-state index contributed by atoms with van der Waals surface area (Å²) in [4.78, 5) is 0. The number of benzene rings is 1. The minimum Gasteiger partial charge on any atom is -0.0654 e. The normalized spacial score (nSPS) is 10.8. The van der Waals surface area contributed by atoms with Crippen molar-refractivity contribution >= 4 is 0 Å². The molecule has 0 bridgehead atoms. The van der Waals surface area contributed by atoms with Gasteiger partial charge in [0.25, 0.3) is 0 Å². The predicted molar refractivity (Wildman–Crippen MR) is 70.8 cm³/mol. The van der Waals surface area contributed by atoms with Gasteiger partial charge in [-0.2, -0.15) is 0 Å². The highest BCUT2D eigenvalue weighted by atomic mass is 14.1. The van der Waals surface area contributed by atoms with Gasteiger partial charge in [-0.05, 0) is 67.0 Å². The van der Waals surface area contributed by atoms with Crippen molar-refractivity contribution in [1.82, 2.24) is 0 Å². The molecular weight excluding hydrogens is 192 g/mol. The first kappa shape index (κ1) is 13.3. The first-order chi connectivity index (χ1) is 7.72. The van der Waals surface area contributed by atoms with Crippen molar-refractivity contribution in [2.75, 3.05) is 0 Å². The van der Waals surface area contributed by atoms with E-state index in [0.29, 0.717) is 0 Å². The van der Waals surface area contributed by atoms with E-state index in [0.717, 1.165) is 12.8 Å². The first-order valence-electron chi connectivity index (χ1n) is 6.68. The maximum Gasteiger partial charge on any atom is -0.0108 e. The Morgan fingerprint density at radius 1 is 0.812 bits per heavy atom. The van der Waals surface area contributed by atoms with Gasteiger partial charge >= 0.3 is 0 Å². The van der Waals surface area contributed by atoms with E-state index in [1.807, 2.05) is 0 Å². The number of rotatable bonds is 6. The van der Waals surface area contributed by atoms with Crippen LogP contribution in [0, 0.1) is 19.1 Å². The summed E-state index contributed by atoms with van der Waals surface area (Å²) in [5.41, 5.74) is 5.48. The van der Waals surface area contributed by atoms with Gasteiger partial charge in [-0.3, -0.25) is 0 Å². The Morgan fingerprint density at radius 2 is 1.50 bits per heavy atom. The van der Waals surface area contributed by atoms with E-state index in [4.69, 9.17) is 0 Å². The van der Waals surface area contributed by atoms with E-state index < -0.39 is 0 Å². The van der Waals surface area contributed by atoms with Gasteiger partial charge in [0.1, 0.15) is 0 Å². The molecule has 0 amide bonds. The highest BCUT2D eigenvalue weighted by Gasteiger charge is 2.07. The van der Waals surface area contributed by atoms with Crippen LogP contribution in [0.25, 0.3) is 0 Å². The lowest BCUT2D eigenvalue weighted by Gasteiger charge is -2.12. The molecule has 0 heterocycles. The molecule has 88 valence electrons. The van der Waals surface area contributed by atoms with E-state index in [9.17, 15) is 0 Å². The summed E-state index contributed by atoms with van der Waals surface area (Å²) in [5, 5.41) is 0. The molecule has 16 heavy (non-hydrogen) atoms. The van der Waals surface area contributed by atoms with Crippen LogP contribution in [0.5, 0.6) is 0 Å². The molecule has 0 nitrogen and oxygen atoms in total. The molecule has 0 N–H and O–H groups in total. The van der Waals surface area contributed by atoms with E-state index in [1.165, 1.54) is 47.9 Å². The topological polar surface area (TPSA) is 0 Å². The predicted octanol–water partition coefficient (Wildman–Crippen LogP) is 4.45. The summed E-state index contributed by atoms with van der Waals surface area (Å²) >= 11 is 0. The molecule has 0 spiro atoms. The smallest absolute Gasteiger partial charge is 0.0108 e. The maximum atomic E-state index is 3.61. The van der Waals surface area contributed by atoms with Crippen molar-refractivity contribution in [1.29, 1.82) is 0 Å². The molecule has 0 aliphatic heterocycles. The average Bonchev–Trinajstić information content (AvgIpc) is 2.29. The van der Waals surface area contributed by atoms with Crippen molar-refractivity contribution < 1.29 is 0 Å². The zero-order valence-electron chi connectivity index (χ0n) is 11.2. The summed E-state index contributed by atoms with van der Waals surface area (Å²) in [5.74, 6) is 0. The number of unbranched alkanes of at least 4 members (excludes halogenated alkanes) is 1. The molecule has 1 rings (SSSR count). The standard InChI is InChI=1S/C16H24/c1-5-8-10-16-11-13(4)14(7-3)12-15(16)9-6-2/h5-10H2,1-4H3. The lowest BCUT2D eigenvalue weighted by molar-refractivity contribution is 0.776. The van der Waals surface area contributed by atoms with Crippen LogP contribution in [0.1, 0.15) is 62.3 Å². The number of aryl methyl sites for hydroxylation is 4. The SMILES string of the molecule is CCCCc1[c]c(C)c(CC)[c]c1CCC. The molecule has 0 heteroatoms. The zero-order chi connectivity index (χ0) is 12.0. The number of hydrogen-bond acceptors (Lipinski definition) is 0. The Hall–Kier alpha value is -0.780. The van der Waals surface area contributed by atoms with Crippen molar-refractivity contribution in [3.05, 3.63) is 34.4 Å². The minimum absolute atomic E-state index is 1.08. The van der Waals surface area contributed by atoms with Crippen LogP contribution in [0.2, 0.25) is 0 Å². The third-order valence-electron chi connectivity index (χ3n) is 3.09. The van der Waals surface area contributed by atoms with Crippen molar-refractivity contribution in [2.45, 2.75) is 66.2 Å². The van der Waals surface area contributed by atoms with Gasteiger partial charge in [-0.15, -0.1) is 0 Å². The van der Waals surface area contributed by atoms with Gasteiger partial charge in [-0.1, -0.05) is 33.6 Å². The van der Waals surface area contributed by atoms with Gasteiger partial charge in [0, 0.05) is 0 Å². The highest BCUT2D eigenvalue weighted by Crippen LogP contribution is 2.19. The van der Waals surface area contributed by atoms with Gasteiger partial charge in [0.2, 0.25) is 0 Å². The third-order valence-corrected chi connectivity index (χ3v) is 3.09. The molecule has 0 aromatic heterocycles. The second-order valence-electron chi connectivity index (χ2n) is 4.52. The molecule has 0 unspecified atom stereocenters. The van der Waals surface area contributed by atoms with Crippen molar-refractivity contribution in [2.24, 2.45) is 0 Å². The van der Waals surface area contributed by atoms with Crippen LogP contribution in [0.3, 0.4) is 0 Å². The van der Waals surface area contributed by atoms with E-state index in [2.05, 4.69) is 39.8 Å². The monoisotopic (exact) mass is 216 g/mol. The Morgan fingerprint density at radius 3 is 2.06 bits per heavy atom. The molecule has 0 aliphatic rings. The Bertz CT molecular complexity index is 323. The van der Waals surface area contributed by atoms with Gasteiger partial charge in [-0.25, -0.2) is 0 Å². The highest BCUT2D eigenvalue weighted by molar-refractivity contribution is 5.36. The molecule has 0 atom stereocenters. The molecule has 0 saturated heterocycles. The summed E-state index contributed by atoms with van der Waals surface area (Å²) in [7, 11) is 0. The van der Waals surface area contributed by atoms with Crippen molar-refractivity contribution in [3.8, 4) is 0 Å². The molecule has 1 aromatic carbocycles. The Kier molecular flexibility index (Phi) is 5.59. The fraction of sp³-hybridized carbons (Fsp3) is 0.625. The van der Waals surface area contributed by atoms with Gasteiger partial charge in [0.05, 0.1) is 0 Å². The van der Waals surface area contributed by atoms with Crippen LogP contribution in [0.15, 0.2) is 0 Å². The quantitative estimate of drug-likeness (QED) is 0.659. The largest absolute Gasteiger partial charge is 0.0654 e. The number of hydrogen-bond donors (Lipinski definition) is 0. The molecule has 2 radical (unpaired) electrons. The molecule has 1 aromatic rings. The second-order valence-corrected chi connectivity index (χ2v) is 4.52. The lowest BCUT2D eigenvalue weighted by Crippen LogP contribution is -2.00. The fourth-order valence-corrected chi connectivity index (χ4v) is 2.11. The maximum absolute atomic E-state index is 3.61. The van der Waals surface area contributed by atoms with E-state index >= 15 is 0 Å².